The number of rotatable bonds is 9. The Kier molecular flexibility index (Phi) is 8.13. The van der Waals surface area contributed by atoms with Gasteiger partial charge >= 0.3 is 0 Å². The molecule has 1 fully saturated rings. The zero-order valence-corrected chi connectivity index (χ0v) is 20.4. The van der Waals surface area contributed by atoms with E-state index in [1.165, 1.54) is 7.11 Å². The molecule has 36 heavy (non-hydrogen) atoms. The van der Waals surface area contributed by atoms with E-state index in [4.69, 9.17) is 4.74 Å². The van der Waals surface area contributed by atoms with Crippen molar-refractivity contribution in [1.29, 1.82) is 0 Å². The minimum Gasteiger partial charge on any atom is -0.494 e. The third-order valence-corrected chi connectivity index (χ3v) is 7.59. The monoisotopic (exact) mass is 525 g/mol. The number of halogens is 4. The number of piperidine rings is 1. The van der Waals surface area contributed by atoms with Gasteiger partial charge in [-0.1, -0.05) is 41.7 Å². The highest BCUT2D eigenvalue weighted by atomic mass is 32.1. The van der Waals surface area contributed by atoms with Crippen LogP contribution in [0.1, 0.15) is 24.1 Å². The maximum atomic E-state index is 14.7. The zero-order valence-electron chi connectivity index (χ0n) is 19.6. The van der Waals surface area contributed by atoms with Gasteiger partial charge in [0.15, 0.2) is 11.6 Å². The van der Waals surface area contributed by atoms with Gasteiger partial charge in [-0.2, -0.15) is 0 Å². The smallest absolute Gasteiger partial charge is 0.265 e. The second-order valence-corrected chi connectivity index (χ2v) is 9.67. The van der Waals surface area contributed by atoms with E-state index in [1.54, 1.807) is 4.90 Å². The molecule has 6 nitrogen and oxygen atoms in total. The molecular weight excluding hydrogens is 498 g/mol. The lowest BCUT2D eigenvalue weighted by molar-refractivity contribution is -0.0657. The average molecular weight is 526 g/mol. The highest BCUT2D eigenvalue weighted by Crippen LogP contribution is 2.40. The summed E-state index contributed by atoms with van der Waals surface area (Å²) in [4.78, 5) is 6.06. The fraction of sp³-hybridized carbons (Fsp3) is 0.400. The molecule has 3 aromatic rings. The fourth-order valence-electron chi connectivity index (χ4n) is 4.52. The number of ether oxygens (including phenoxy) is 1. The molecule has 0 spiro atoms. The standard InChI is InChI=1S/C25H27F4N3O3S/c1-35-20-11-17(26)16(10-18(20)27)23-31-19(13-33)24(36-23)32-9-5-8-25(14-32,21(34)22(28)29)30-12-15-6-3-2-4-7-15/h2-4,6-7,10-11,21-22,30,33-34H,5,8-9,12-14H2,1H3/t21-,25-/m1/s1. The Hall–Kier alpha value is -2.73. The molecule has 0 unspecified atom stereocenters. The molecule has 0 bridgehead atoms. The Morgan fingerprint density at radius 2 is 1.94 bits per heavy atom. The number of thiazole rings is 1. The molecule has 0 aliphatic carbocycles. The average Bonchev–Trinajstić information content (AvgIpc) is 3.33. The van der Waals surface area contributed by atoms with E-state index in [0.717, 1.165) is 29.0 Å². The van der Waals surface area contributed by atoms with E-state index in [0.29, 0.717) is 24.4 Å². The van der Waals surface area contributed by atoms with Gasteiger partial charge in [-0.05, 0) is 24.5 Å². The first kappa shape index (κ1) is 26.3. The summed E-state index contributed by atoms with van der Waals surface area (Å²) in [5.74, 6) is -1.76. The van der Waals surface area contributed by atoms with Crippen molar-refractivity contribution in [2.24, 2.45) is 0 Å². The van der Waals surface area contributed by atoms with Crippen LogP contribution in [0.3, 0.4) is 0 Å². The van der Waals surface area contributed by atoms with Crippen LogP contribution < -0.4 is 15.0 Å². The Bertz CT molecular complexity index is 1180. The van der Waals surface area contributed by atoms with Crippen LogP contribution in [0.2, 0.25) is 0 Å². The third-order valence-electron chi connectivity index (χ3n) is 6.40. The van der Waals surface area contributed by atoms with Crippen molar-refractivity contribution >= 4 is 16.3 Å². The van der Waals surface area contributed by atoms with Crippen LogP contribution in [-0.4, -0.2) is 53.5 Å². The van der Waals surface area contributed by atoms with Gasteiger partial charge in [0.25, 0.3) is 6.43 Å². The number of benzene rings is 2. The number of alkyl halides is 2. The number of anilines is 1. The van der Waals surface area contributed by atoms with Crippen LogP contribution in [0, 0.1) is 11.6 Å². The summed E-state index contributed by atoms with van der Waals surface area (Å²) in [5, 5.41) is 24.3. The second-order valence-electron chi connectivity index (χ2n) is 8.70. The Balaban J connectivity index is 1.66. The molecule has 11 heteroatoms. The molecule has 4 rings (SSSR count). The number of aliphatic hydroxyl groups is 2. The van der Waals surface area contributed by atoms with Crippen molar-refractivity contribution in [3.8, 4) is 16.3 Å². The molecule has 194 valence electrons. The van der Waals surface area contributed by atoms with Gasteiger partial charge in [0.05, 0.1) is 19.3 Å². The maximum absolute atomic E-state index is 14.7. The fourth-order valence-corrected chi connectivity index (χ4v) is 5.64. The molecule has 0 amide bonds. The molecule has 1 aromatic heterocycles. The first-order valence-corrected chi connectivity index (χ1v) is 12.2. The summed E-state index contributed by atoms with van der Waals surface area (Å²) < 4.78 is 61.3. The predicted octanol–water partition coefficient (Wildman–Crippen LogP) is 4.34. The molecule has 3 N–H and O–H groups in total. The van der Waals surface area contributed by atoms with E-state index < -0.39 is 36.3 Å². The number of hydrogen-bond donors (Lipinski definition) is 3. The van der Waals surface area contributed by atoms with E-state index in [1.807, 2.05) is 30.3 Å². The van der Waals surface area contributed by atoms with Gasteiger partial charge in [0, 0.05) is 31.3 Å². The summed E-state index contributed by atoms with van der Waals surface area (Å²) in [6.07, 6.45) is -4.13. The van der Waals surface area contributed by atoms with E-state index in [-0.39, 0.29) is 35.1 Å². The number of hydrogen-bond acceptors (Lipinski definition) is 7. The molecule has 2 aromatic carbocycles. The van der Waals surface area contributed by atoms with Crippen molar-refractivity contribution in [2.75, 3.05) is 25.1 Å². The van der Waals surface area contributed by atoms with Crippen molar-refractivity contribution in [3.05, 3.63) is 65.4 Å². The van der Waals surface area contributed by atoms with Crippen LogP contribution in [0.5, 0.6) is 5.75 Å². The van der Waals surface area contributed by atoms with Crippen molar-refractivity contribution in [1.82, 2.24) is 10.3 Å². The van der Waals surface area contributed by atoms with Gasteiger partial charge < -0.3 is 25.2 Å². The Morgan fingerprint density at radius 3 is 2.61 bits per heavy atom. The molecule has 0 saturated carbocycles. The van der Waals surface area contributed by atoms with Gasteiger partial charge in [-0.25, -0.2) is 22.5 Å². The molecule has 1 aliphatic rings. The lowest BCUT2D eigenvalue weighted by Gasteiger charge is -2.46. The highest BCUT2D eigenvalue weighted by Gasteiger charge is 2.46. The van der Waals surface area contributed by atoms with Gasteiger partial charge in [-0.15, -0.1) is 0 Å². The SMILES string of the molecule is COc1cc(F)c(-c2nc(CO)c(N3CCC[C@](NCc4ccccc4)([C@H](O)C(F)F)C3)s2)cc1F. The number of methoxy groups -OCH3 is 1. The molecular formula is C25H27F4N3O3S. The second kappa shape index (κ2) is 11.1. The lowest BCUT2D eigenvalue weighted by Crippen LogP contribution is -2.65. The van der Waals surface area contributed by atoms with Crippen LogP contribution in [0.4, 0.5) is 22.6 Å². The minimum absolute atomic E-state index is 0.0133. The number of nitrogens with zero attached hydrogens (tertiary/aromatic N) is 2. The van der Waals surface area contributed by atoms with Crippen LogP contribution in [-0.2, 0) is 13.2 Å². The van der Waals surface area contributed by atoms with Gasteiger partial charge in [0.1, 0.15) is 27.6 Å². The number of nitrogens with one attached hydrogen (secondary N) is 1. The number of aliphatic hydroxyl groups excluding tert-OH is 2. The van der Waals surface area contributed by atoms with Crippen molar-refractivity contribution < 1.29 is 32.5 Å². The van der Waals surface area contributed by atoms with Gasteiger partial charge in [-0.3, -0.25) is 0 Å². The molecule has 2 heterocycles. The van der Waals surface area contributed by atoms with Crippen LogP contribution >= 0.6 is 11.3 Å². The van der Waals surface area contributed by atoms with E-state index in [9.17, 15) is 27.8 Å². The van der Waals surface area contributed by atoms with Crippen LogP contribution in [0.25, 0.3) is 10.6 Å². The molecule has 1 saturated heterocycles. The summed E-state index contributed by atoms with van der Waals surface area (Å²) in [5.41, 5.74) is -0.340. The van der Waals surface area contributed by atoms with Crippen molar-refractivity contribution in [2.45, 2.75) is 44.1 Å². The molecule has 2 atom stereocenters. The summed E-state index contributed by atoms with van der Waals surface area (Å²) >= 11 is 1.03. The Morgan fingerprint density at radius 1 is 1.19 bits per heavy atom. The van der Waals surface area contributed by atoms with Gasteiger partial charge in [0.2, 0.25) is 0 Å². The largest absolute Gasteiger partial charge is 0.494 e. The minimum atomic E-state index is -2.97. The Labute approximate surface area is 210 Å². The third kappa shape index (κ3) is 5.34. The first-order chi connectivity index (χ1) is 17.3. The predicted molar refractivity (Wildman–Crippen MR) is 129 cm³/mol. The zero-order chi connectivity index (χ0) is 25.9. The van der Waals surface area contributed by atoms with Crippen molar-refractivity contribution in [3.63, 3.8) is 0 Å². The maximum Gasteiger partial charge on any atom is 0.265 e. The first-order valence-electron chi connectivity index (χ1n) is 11.4. The topological polar surface area (TPSA) is 77.9 Å². The summed E-state index contributed by atoms with van der Waals surface area (Å²) in [7, 11) is 1.23. The van der Waals surface area contributed by atoms with Crippen LogP contribution in [0.15, 0.2) is 42.5 Å². The van der Waals surface area contributed by atoms with E-state index >= 15 is 0 Å². The normalized spacial score (nSPS) is 19.1. The molecule has 1 aliphatic heterocycles. The highest BCUT2D eigenvalue weighted by molar-refractivity contribution is 7.19. The van der Waals surface area contributed by atoms with E-state index in [2.05, 4.69) is 10.3 Å². The summed E-state index contributed by atoms with van der Waals surface area (Å²) in [6, 6.07) is 11.1. The summed E-state index contributed by atoms with van der Waals surface area (Å²) in [6.45, 7) is 0.262. The quantitative estimate of drug-likeness (QED) is 0.361. The number of aromatic nitrogens is 1. The lowest BCUT2D eigenvalue weighted by atomic mass is 9.83. The molecule has 0 radical (unpaired) electrons.